The van der Waals surface area contributed by atoms with Gasteiger partial charge in [0.2, 0.25) is 0 Å². The maximum absolute atomic E-state index is 10.1. The fourth-order valence-corrected chi connectivity index (χ4v) is 2.74. The van der Waals surface area contributed by atoms with Gasteiger partial charge in [0.1, 0.15) is 0 Å². The van der Waals surface area contributed by atoms with Crippen LogP contribution in [0.4, 0.5) is 0 Å². The van der Waals surface area contributed by atoms with E-state index in [0.717, 1.165) is 12.8 Å². The van der Waals surface area contributed by atoms with Crippen LogP contribution >= 0.6 is 0 Å². The second-order valence-electron chi connectivity index (χ2n) is 5.63. The fourth-order valence-electron chi connectivity index (χ4n) is 2.74. The third kappa shape index (κ3) is 2.01. The Labute approximate surface area is 98.5 Å². The van der Waals surface area contributed by atoms with Crippen molar-refractivity contribution in [2.24, 2.45) is 0 Å². The predicted octanol–water partition coefficient (Wildman–Crippen LogP) is 3.74. The van der Waals surface area contributed by atoms with Gasteiger partial charge in [-0.05, 0) is 41.4 Å². The Morgan fingerprint density at radius 1 is 1.38 bits per heavy atom. The summed E-state index contributed by atoms with van der Waals surface area (Å²) in [5.41, 5.74) is 4.01. The third-order valence-corrected chi connectivity index (χ3v) is 3.73. The molecule has 0 saturated heterocycles. The maximum atomic E-state index is 10.1. The van der Waals surface area contributed by atoms with E-state index in [4.69, 9.17) is 0 Å². The molecule has 1 aliphatic carbocycles. The van der Waals surface area contributed by atoms with Crippen LogP contribution in [0.1, 0.15) is 62.8 Å². The molecule has 1 unspecified atom stereocenters. The minimum absolute atomic E-state index is 0.137. The molecular weight excluding hydrogens is 196 g/mol. The molecule has 1 nitrogen and oxygen atoms in total. The molecule has 1 atom stereocenters. The van der Waals surface area contributed by atoms with Crippen molar-refractivity contribution in [3.63, 3.8) is 0 Å². The summed E-state index contributed by atoms with van der Waals surface area (Å²) in [4.78, 5) is 0. The molecule has 0 aromatic heterocycles. The van der Waals surface area contributed by atoms with Gasteiger partial charge in [0, 0.05) is 0 Å². The summed E-state index contributed by atoms with van der Waals surface area (Å²) in [5, 5.41) is 10.1. The molecule has 1 N–H and O–H groups in total. The molecule has 1 aromatic rings. The largest absolute Gasteiger partial charge is 0.388 e. The summed E-state index contributed by atoms with van der Waals surface area (Å²) in [5.74, 6) is 0. The molecule has 0 saturated carbocycles. The zero-order chi connectivity index (χ0) is 11.8. The van der Waals surface area contributed by atoms with Gasteiger partial charge in [0.05, 0.1) is 6.10 Å². The highest BCUT2D eigenvalue weighted by atomic mass is 16.3. The van der Waals surface area contributed by atoms with Gasteiger partial charge in [-0.2, -0.15) is 0 Å². The molecule has 2 rings (SSSR count). The quantitative estimate of drug-likeness (QED) is 0.819. The number of hydrogen-bond acceptors (Lipinski definition) is 1. The molecule has 0 heterocycles. The Morgan fingerprint density at radius 2 is 2.12 bits per heavy atom. The highest BCUT2D eigenvalue weighted by Crippen LogP contribution is 2.44. The van der Waals surface area contributed by atoms with E-state index in [9.17, 15) is 5.11 Å². The van der Waals surface area contributed by atoms with Crippen LogP contribution in [-0.2, 0) is 11.8 Å². The van der Waals surface area contributed by atoms with Crippen molar-refractivity contribution in [1.82, 2.24) is 0 Å². The van der Waals surface area contributed by atoms with Crippen LogP contribution < -0.4 is 0 Å². The van der Waals surface area contributed by atoms with Crippen LogP contribution in [0.2, 0.25) is 0 Å². The standard InChI is InChI=1S/C15H22O/c1-4-5-6-11-7-8-13-12(9-11)14(16)10-15(13,2)3/h7-9,14,16H,4-6,10H2,1-3H3. The molecule has 88 valence electrons. The number of hydrogen-bond donors (Lipinski definition) is 1. The van der Waals surface area contributed by atoms with Gasteiger partial charge < -0.3 is 5.11 Å². The molecular formula is C15H22O. The number of fused-ring (bicyclic) bond motifs is 1. The molecule has 1 aromatic carbocycles. The molecule has 1 heteroatoms. The van der Waals surface area contributed by atoms with E-state index in [1.165, 1.54) is 29.5 Å². The lowest BCUT2D eigenvalue weighted by Gasteiger charge is -2.18. The van der Waals surface area contributed by atoms with Gasteiger partial charge in [-0.25, -0.2) is 0 Å². The molecule has 0 fully saturated rings. The van der Waals surface area contributed by atoms with Gasteiger partial charge in [-0.1, -0.05) is 45.4 Å². The van der Waals surface area contributed by atoms with Crippen molar-refractivity contribution in [2.45, 2.75) is 58.0 Å². The SMILES string of the molecule is CCCCc1ccc2c(c1)C(O)CC2(C)C. The number of rotatable bonds is 3. The number of benzene rings is 1. The normalized spacial score (nSPS) is 22.1. The van der Waals surface area contributed by atoms with Gasteiger partial charge in [0.15, 0.2) is 0 Å². The lowest BCUT2D eigenvalue weighted by molar-refractivity contribution is 0.161. The number of aliphatic hydroxyl groups excluding tert-OH is 1. The first-order valence-electron chi connectivity index (χ1n) is 6.36. The molecule has 0 spiro atoms. The second-order valence-corrected chi connectivity index (χ2v) is 5.63. The summed E-state index contributed by atoms with van der Waals surface area (Å²) in [6, 6.07) is 6.66. The summed E-state index contributed by atoms with van der Waals surface area (Å²) in [6.07, 6.45) is 4.20. The number of aliphatic hydroxyl groups is 1. The van der Waals surface area contributed by atoms with Crippen molar-refractivity contribution in [3.8, 4) is 0 Å². The van der Waals surface area contributed by atoms with Crippen molar-refractivity contribution < 1.29 is 5.11 Å². The lowest BCUT2D eigenvalue weighted by atomic mass is 9.86. The van der Waals surface area contributed by atoms with Crippen molar-refractivity contribution in [3.05, 3.63) is 34.9 Å². The Balaban J connectivity index is 2.29. The van der Waals surface area contributed by atoms with Crippen LogP contribution in [0, 0.1) is 0 Å². The van der Waals surface area contributed by atoms with E-state index in [1.807, 2.05) is 0 Å². The molecule has 16 heavy (non-hydrogen) atoms. The summed E-state index contributed by atoms with van der Waals surface area (Å²) < 4.78 is 0. The van der Waals surface area contributed by atoms with E-state index < -0.39 is 0 Å². The van der Waals surface area contributed by atoms with Gasteiger partial charge in [-0.3, -0.25) is 0 Å². The number of unbranched alkanes of at least 4 members (excludes halogenated alkanes) is 1. The van der Waals surface area contributed by atoms with Crippen molar-refractivity contribution >= 4 is 0 Å². The van der Waals surface area contributed by atoms with E-state index in [2.05, 4.69) is 39.0 Å². The Hall–Kier alpha value is -0.820. The average Bonchev–Trinajstić information content (AvgIpc) is 2.46. The molecule has 0 amide bonds. The van der Waals surface area contributed by atoms with Crippen molar-refractivity contribution in [2.75, 3.05) is 0 Å². The minimum atomic E-state index is -0.258. The Bertz CT molecular complexity index is 379. The monoisotopic (exact) mass is 218 g/mol. The first kappa shape index (κ1) is 11.7. The molecule has 0 radical (unpaired) electrons. The minimum Gasteiger partial charge on any atom is -0.388 e. The Kier molecular flexibility index (Phi) is 3.07. The molecule has 0 aliphatic heterocycles. The fraction of sp³-hybridized carbons (Fsp3) is 0.600. The lowest BCUT2D eigenvalue weighted by Crippen LogP contribution is -2.12. The second kappa shape index (κ2) is 4.21. The highest BCUT2D eigenvalue weighted by Gasteiger charge is 2.35. The summed E-state index contributed by atoms with van der Waals surface area (Å²) in [7, 11) is 0. The predicted molar refractivity (Wildman–Crippen MR) is 67.7 cm³/mol. The van der Waals surface area contributed by atoms with E-state index in [0.29, 0.717) is 0 Å². The zero-order valence-electron chi connectivity index (χ0n) is 10.6. The first-order chi connectivity index (χ1) is 7.54. The topological polar surface area (TPSA) is 20.2 Å². The van der Waals surface area contributed by atoms with Gasteiger partial charge in [-0.15, -0.1) is 0 Å². The van der Waals surface area contributed by atoms with E-state index in [1.54, 1.807) is 0 Å². The van der Waals surface area contributed by atoms with Crippen LogP contribution in [0.15, 0.2) is 18.2 Å². The first-order valence-corrected chi connectivity index (χ1v) is 6.36. The Morgan fingerprint density at radius 3 is 2.81 bits per heavy atom. The van der Waals surface area contributed by atoms with Crippen LogP contribution in [0.5, 0.6) is 0 Å². The summed E-state index contributed by atoms with van der Waals surface area (Å²) >= 11 is 0. The van der Waals surface area contributed by atoms with Crippen LogP contribution in [0.3, 0.4) is 0 Å². The van der Waals surface area contributed by atoms with Crippen LogP contribution in [-0.4, -0.2) is 5.11 Å². The molecule has 0 bridgehead atoms. The van der Waals surface area contributed by atoms with E-state index >= 15 is 0 Å². The van der Waals surface area contributed by atoms with Crippen LogP contribution in [0.25, 0.3) is 0 Å². The highest BCUT2D eigenvalue weighted by molar-refractivity contribution is 5.42. The smallest absolute Gasteiger partial charge is 0.0801 e. The third-order valence-electron chi connectivity index (χ3n) is 3.73. The average molecular weight is 218 g/mol. The van der Waals surface area contributed by atoms with Gasteiger partial charge in [0.25, 0.3) is 0 Å². The maximum Gasteiger partial charge on any atom is 0.0801 e. The zero-order valence-corrected chi connectivity index (χ0v) is 10.6. The number of aryl methyl sites for hydroxylation is 1. The van der Waals surface area contributed by atoms with E-state index in [-0.39, 0.29) is 11.5 Å². The van der Waals surface area contributed by atoms with Gasteiger partial charge >= 0.3 is 0 Å². The van der Waals surface area contributed by atoms with Crippen molar-refractivity contribution in [1.29, 1.82) is 0 Å². The summed E-state index contributed by atoms with van der Waals surface area (Å²) in [6.45, 7) is 6.65. The molecule has 1 aliphatic rings.